The number of hydrogen-bond acceptors (Lipinski definition) is 3. The minimum atomic E-state index is -0.0759. The van der Waals surface area contributed by atoms with Gasteiger partial charge in [0.05, 0.1) is 12.4 Å². The van der Waals surface area contributed by atoms with Gasteiger partial charge in [0, 0.05) is 26.3 Å². The van der Waals surface area contributed by atoms with Gasteiger partial charge in [-0.2, -0.15) is 0 Å². The van der Waals surface area contributed by atoms with Crippen molar-refractivity contribution in [3.8, 4) is 0 Å². The second kappa shape index (κ2) is 7.59. The normalized spacial score (nSPS) is 14.3. The van der Waals surface area contributed by atoms with Crippen LogP contribution < -0.4 is 5.32 Å². The molecule has 0 bridgehead atoms. The van der Waals surface area contributed by atoms with E-state index in [1.807, 2.05) is 11.8 Å². The molecule has 1 aromatic rings. The van der Waals surface area contributed by atoms with Crippen LogP contribution in [0.25, 0.3) is 0 Å². The maximum Gasteiger partial charge on any atom is 0.243 e. The number of carbonyl (C=O) groups excluding carboxylic acids is 1. The van der Waals surface area contributed by atoms with E-state index < -0.39 is 0 Å². The number of nitrogens with zero attached hydrogens (tertiary/aromatic N) is 1. The number of amides is 1. The van der Waals surface area contributed by atoms with Gasteiger partial charge in [-0.25, -0.2) is 0 Å². The summed E-state index contributed by atoms with van der Waals surface area (Å²) in [5.41, 5.74) is 1.77. The van der Waals surface area contributed by atoms with Crippen molar-refractivity contribution in [2.24, 2.45) is 0 Å². The summed E-state index contributed by atoms with van der Waals surface area (Å²) in [6, 6.07) is 4.99. The van der Waals surface area contributed by atoms with E-state index in [0.717, 1.165) is 11.6 Å². The summed E-state index contributed by atoms with van der Waals surface area (Å²) in [5.74, 6) is 0.745. The molecule has 7 heteroatoms. The standard InChI is InChI=1S/C13H14Cl2N2OS.BrH/c1-8-9(2)19-7-17(8)6-13(18)16-12-4-10(14)3-11(15)5-12;/h3-5H,6-7H2,1-2H3,(H,16,18);1H. The number of anilines is 1. The van der Waals surface area contributed by atoms with Crippen LogP contribution >= 0.6 is 51.9 Å². The van der Waals surface area contributed by atoms with Crippen LogP contribution in [0.15, 0.2) is 28.8 Å². The van der Waals surface area contributed by atoms with E-state index in [1.165, 1.54) is 4.91 Å². The summed E-state index contributed by atoms with van der Waals surface area (Å²) >= 11 is 13.5. The number of carbonyl (C=O) groups is 1. The highest BCUT2D eigenvalue weighted by atomic mass is 79.9. The molecule has 1 amide bonds. The maximum absolute atomic E-state index is 12.0. The summed E-state index contributed by atoms with van der Waals surface area (Å²) in [7, 11) is 0. The number of allylic oxidation sites excluding steroid dienone is 2. The van der Waals surface area contributed by atoms with Gasteiger partial charge in [-0.15, -0.1) is 28.7 Å². The lowest BCUT2D eigenvalue weighted by Gasteiger charge is -2.18. The molecule has 0 spiro atoms. The molecular weight excluding hydrogens is 383 g/mol. The minimum Gasteiger partial charge on any atom is -0.356 e. The zero-order valence-corrected chi connectivity index (χ0v) is 15.1. The van der Waals surface area contributed by atoms with Gasteiger partial charge < -0.3 is 10.2 Å². The predicted octanol–water partition coefficient (Wildman–Crippen LogP) is 4.77. The third kappa shape index (κ3) is 4.58. The highest BCUT2D eigenvalue weighted by Crippen LogP contribution is 2.30. The molecule has 0 aliphatic carbocycles. The predicted molar refractivity (Wildman–Crippen MR) is 93.0 cm³/mol. The molecule has 110 valence electrons. The molecule has 1 aromatic carbocycles. The second-order valence-corrected chi connectivity index (χ2v) is 6.35. The summed E-state index contributed by atoms with van der Waals surface area (Å²) in [6.45, 7) is 4.42. The molecule has 0 aromatic heterocycles. The molecule has 0 atom stereocenters. The lowest BCUT2D eigenvalue weighted by molar-refractivity contribution is -0.116. The second-order valence-electron chi connectivity index (χ2n) is 4.32. The molecule has 2 rings (SSSR count). The fraction of sp³-hybridized carbons (Fsp3) is 0.308. The summed E-state index contributed by atoms with van der Waals surface area (Å²) < 4.78 is 0. The Labute approximate surface area is 143 Å². The molecule has 1 aliphatic rings. The fourth-order valence-corrected chi connectivity index (χ4v) is 3.26. The van der Waals surface area contributed by atoms with Crippen LogP contribution in [0, 0.1) is 0 Å². The van der Waals surface area contributed by atoms with E-state index in [-0.39, 0.29) is 22.9 Å². The van der Waals surface area contributed by atoms with Crippen LogP contribution in [-0.2, 0) is 4.79 Å². The third-order valence-corrected chi connectivity index (χ3v) is 4.51. The van der Waals surface area contributed by atoms with Crippen LogP contribution in [0.2, 0.25) is 10.0 Å². The van der Waals surface area contributed by atoms with E-state index in [4.69, 9.17) is 23.2 Å². The Morgan fingerprint density at radius 1 is 1.30 bits per heavy atom. The molecule has 0 saturated carbocycles. The molecule has 3 nitrogen and oxygen atoms in total. The van der Waals surface area contributed by atoms with Gasteiger partial charge in [0.1, 0.15) is 0 Å². The first-order valence-electron chi connectivity index (χ1n) is 5.77. The molecule has 20 heavy (non-hydrogen) atoms. The molecule has 1 aliphatic heterocycles. The zero-order valence-electron chi connectivity index (χ0n) is 11.1. The summed E-state index contributed by atoms with van der Waals surface area (Å²) in [4.78, 5) is 15.3. The zero-order chi connectivity index (χ0) is 14.0. The first-order valence-corrected chi connectivity index (χ1v) is 7.51. The Morgan fingerprint density at radius 3 is 2.40 bits per heavy atom. The molecule has 0 unspecified atom stereocenters. The molecule has 1 heterocycles. The molecule has 0 saturated heterocycles. The van der Waals surface area contributed by atoms with E-state index >= 15 is 0 Å². The molecule has 1 N–H and O–H groups in total. The van der Waals surface area contributed by atoms with Crippen LogP contribution in [0.4, 0.5) is 5.69 Å². The average Bonchev–Trinajstić information content (AvgIpc) is 2.59. The van der Waals surface area contributed by atoms with Gasteiger partial charge >= 0.3 is 0 Å². The van der Waals surface area contributed by atoms with Crippen LogP contribution in [0.1, 0.15) is 13.8 Å². The van der Waals surface area contributed by atoms with Crippen molar-refractivity contribution >= 4 is 63.5 Å². The molecular formula is C13H15BrCl2N2OS. The van der Waals surface area contributed by atoms with Crippen molar-refractivity contribution in [3.05, 3.63) is 38.8 Å². The highest BCUT2D eigenvalue weighted by Gasteiger charge is 2.19. The summed E-state index contributed by atoms with van der Waals surface area (Å²) in [5, 5.41) is 3.82. The van der Waals surface area contributed by atoms with Crippen molar-refractivity contribution in [2.75, 3.05) is 17.7 Å². The van der Waals surface area contributed by atoms with Crippen molar-refractivity contribution < 1.29 is 4.79 Å². The average molecular weight is 398 g/mol. The van der Waals surface area contributed by atoms with Crippen LogP contribution in [0.5, 0.6) is 0 Å². The van der Waals surface area contributed by atoms with Crippen molar-refractivity contribution in [3.63, 3.8) is 0 Å². The Balaban J connectivity index is 0.00000200. The van der Waals surface area contributed by atoms with E-state index in [1.54, 1.807) is 30.0 Å². The monoisotopic (exact) mass is 396 g/mol. The van der Waals surface area contributed by atoms with Crippen LogP contribution in [-0.4, -0.2) is 23.2 Å². The van der Waals surface area contributed by atoms with E-state index in [0.29, 0.717) is 22.3 Å². The fourth-order valence-electron chi connectivity index (χ4n) is 1.76. The van der Waals surface area contributed by atoms with Gasteiger partial charge in [-0.1, -0.05) is 23.2 Å². The quantitative estimate of drug-likeness (QED) is 0.797. The number of nitrogens with one attached hydrogen (secondary N) is 1. The third-order valence-electron chi connectivity index (χ3n) is 2.90. The van der Waals surface area contributed by atoms with Crippen molar-refractivity contribution in [2.45, 2.75) is 13.8 Å². The lowest BCUT2D eigenvalue weighted by Crippen LogP contribution is -2.30. The number of benzene rings is 1. The smallest absolute Gasteiger partial charge is 0.243 e. The maximum atomic E-state index is 12.0. The van der Waals surface area contributed by atoms with Crippen molar-refractivity contribution in [1.29, 1.82) is 0 Å². The molecule has 0 radical (unpaired) electrons. The van der Waals surface area contributed by atoms with Gasteiger partial charge in [0.15, 0.2) is 0 Å². The molecule has 0 fully saturated rings. The minimum absolute atomic E-state index is 0. The number of thioether (sulfide) groups is 1. The Morgan fingerprint density at radius 2 is 1.90 bits per heavy atom. The topological polar surface area (TPSA) is 32.3 Å². The van der Waals surface area contributed by atoms with Crippen molar-refractivity contribution in [1.82, 2.24) is 4.90 Å². The van der Waals surface area contributed by atoms with Crippen LogP contribution in [0.3, 0.4) is 0 Å². The Kier molecular flexibility index (Phi) is 6.72. The first kappa shape index (κ1) is 17.7. The van der Waals surface area contributed by atoms with Gasteiger partial charge in [0.25, 0.3) is 0 Å². The number of halogens is 3. The SMILES string of the molecule is Br.CC1=C(C)N(CC(=O)Nc2cc(Cl)cc(Cl)c2)CS1. The first-order chi connectivity index (χ1) is 8.95. The van der Waals surface area contributed by atoms with E-state index in [9.17, 15) is 4.79 Å². The highest BCUT2D eigenvalue weighted by molar-refractivity contribution is 8.93. The summed E-state index contributed by atoms with van der Waals surface area (Å²) in [6.07, 6.45) is 0. The lowest BCUT2D eigenvalue weighted by atomic mass is 10.3. The number of rotatable bonds is 3. The van der Waals surface area contributed by atoms with Gasteiger partial charge in [-0.05, 0) is 32.0 Å². The number of hydrogen-bond donors (Lipinski definition) is 1. The Bertz CT molecular complexity index is 531. The van der Waals surface area contributed by atoms with E-state index in [2.05, 4.69) is 12.2 Å². The Hall–Kier alpha value is -0.360. The largest absolute Gasteiger partial charge is 0.356 e. The van der Waals surface area contributed by atoms with Gasteiger partial charge in [0.2, 0.25) is 5.91 Å². The van der Waals surface area contributed by atoms with Gasteiger partial charge in [-0.3, -0.25) is 4.79 Å².